The van der Waals surface area contributed by atoms with Crippen LogP contribution in [0.3, 0.4) is 0 Å². The SMILES string of the molecule is CNCC#Cc1cccc(NN)c1. The van der Waals surface area contributed by atoms with Crippen LogP contribution in [0, 0.1) is 11.8 Å². The number of hydrazine groups is 1. The lowest BCUT2D eigenvalue weighted by molar-refractivity contribution is 0.938. The quantitative estimate of drug-likeness (QED) is 0.349. The molecule has 0 aromatic heterocycles. The lowest BCUT2D eigenvalue weighted by Crippen LogP contribution is -2.06. The third-order valence-electron chi connectivity index (χ3n) is 1.53. The Morgan fingerprint density at radius 1 is 1.46 bits per heavy atom. The van der Waals surface area contributed by atoms with E-state index in [9.17, 15) is 0 Å². The highest BCUT2D eigenvalue weighted by atomic mass is 15.2. The number of hydrogen-bond acceptors (Lipinski definition) is 3. The Kier molecular flexibility index (Phi) is 3.83. The van der Waals surface area contributed by atoms with Gasteiger partial charge in [-0.3, -0.25) is 5.84 Å². The van der Waals surface area contributed by atoms with E-state index in [0.717, 1.165) is 11.3 Å². The molecule has 13 heavy (non-hydrogen) atoms. The highest BCUT2D eigenvalue weighted by Gasteiger charge is 1.88. The van der Waals surface area contributed by atoms with Crippen molar-refractivity contribution in [1.82, 2.24) is 5.32 Å². The molecule has 0 aliphatic heterocycles. The molecule has 1 aromatic carbocycles. The minimum absolute atomic E-state index is 0.695. The fraction of sp³-hybridized carbons (Fsp3) is 0.200. The van der Waals surface area contributed by atoms with Crippen molar-refractivity contribution in [2.45, 2.75) is 0 Å². The number of anilines is 1. The van der Waals surface area contributed by atoms with Gasteiger partial charge in [-0.2, -0.15) is 0 Å². The van der Waals surface area contributed by atoms with Crippen molar-refractivity contribution < 1.29 is 0 Å². The normalized spacial score (nSPS) is 8.77. The van der Waals surface area contributed by atoms with E-state index in [1.807, 2.05) is 31.3 Å². The molecule has 0 aliphatic rings. The van der Waals surface area contributed by atoms with Crippen LogP contribution in [0.1, 0.15) is 5.56 Å². The van der Waals surface area contributed by atoms with Crippen LogP contribution in [0.15, 0.2) is 24.3 Å². The molecule has 0 spiro atoms. The third-order valence-corrected chi connectivity index (χ3v) is 1.53. The van der Waals surface area contributed by atoms with Crippen LogP contribution in [0.25, 0.3) is 0 Å². The topological polar surface area (TPSA) is 50.1 Å². The Hall–Kier alpha value is -1.50. The number of benzene rings is 1. The third kappa shape index (κ3) is 3.16. The van der Waals surface area contributed by atoms with E-state index in [4.69, 9.17) is 5.84 Å². The molecule has 3 nitrogen and oxygen atoms in total. The molecular formula is C10H13N3. The summed E-state index contributed by atoms with van der Waals surface area (Å²) < 4.78 is 0. The zero-order chi connectivity index (χ0) is 9.52. The number of nitrogen functional groups attached to an aromatic ring is 1. The molecule has 0 unspecified atom stereocenters. The van der Waals surface area contributed by atoms with Crippen LogP contribution in [-0.2, 0) is 0 Å². The van der Waals surface area contributed by atoms with Crippen molar-refractivity contribution >= 4 is 5.69 Å². The fourth-order valence-electron chi connectivity index (χ4n) is 0.921. The molecule has 0 aliphatic carbocycles. The number of nitrogens with two attached hydrogens (primary N) is 1. The molecule has 4 N–H and O–H groups in total. The Bertz CT molecular complexity index is 322. The molecule has 0 heterocycles. The molecule has 0 fully saturated rings. The number of hydrogen-bond donors (Lipinski definition) is 3. The van der Waals surface area contributed by atoms with Gasteiger partial charge < -0.3 is 10.7 Å². The van der Waals surface area contributed by atoms with Crippen LogP contribution in [-0.4, -0.2) is 13.6 Å². The molecule has 0 amide bonds. The van der Waals surface area contributed by atoms with E-state index in [2.05, 4.69) is 22.6 Å². The van der Waals surface area contributed by atoms with E-state index in [0.29, 0.717) is 6.54 Å². The molecule has 0 bridgehead atoms. The summed E-state index contributed by atoms with van der Waals surface area (Å²) in [4.78, 5) is 0. The van der Waals surface area contributed by atoms with Crippen molar-refractivity contribution in [1.29, 1.82) is 0 Å². The van der Waals surface area contributed by atoms with Gasteiger partial charge in [-0.1, -0.05) is 17.9 Å². The Morgan fingerprint density at radius 2 is 2.31 bits per heavy atom. The van der Waals surface area contributed by atoms with Crippen LogP contribution < -0.4 is 16.6 Å². The molecular weight excluding hydrogens is 162 g/mol. The zero-order valence-corrected chi connectivity index (χ0v) is 7.59. The second-order valence-corrected chi connectivity index (χ2v) is 2.56. The molecule has 0 saturated carbocycles. The predicted octanol–water partition coefficient (Wildman–Crippen LogP) is 0.543. The summed E-state index contributed by atoms with van der Waals surface area (Å²) in [5.41, 5.74) is 4.41. The van der Waals surface area contributed by atoms with E-state index in [1.54, 1.807) is 0 Å². The molecule has 3 heteroatoms. The highest BCUT2D eigenvalue weighted by molar-refractivity contribution is 5.49. The minimum atomic E-state index is 0.695. The van der Waals surface area contributed by atoms with Gasteiger partial charge in [0.1, 0.15) is 0 Å². The smallest absolute Gasteiger partial charge is 0.0577 e. The summed E-state index contributed by atoms with van der Waals surface area (Å²) in [5.74, 6) is 11.2. The molecule has 0 saturated heterocycles. The van der Waals surface area contributed by atoms with Gasteiger partial charge in [-0.05, 0) is 25.2 Å². The maximum absolute atomic E-state index is 5.26. The standard InChI is InChI=1S/C10H13N3/c1-12-7-3-5-9-4-2-6-10(8-9)13-11/h2,4,6,8,12-13H,7,11H2,1H3. The molecule has 1 aromatic rings. The van der Waals surface area contributed by atoms with Gasteiger partial charge in [-0.15, -0.1) is 0 Å². The summed E-state index contributed by atoms with van der Waals surface area (Å²) in [6.07, 6.45) is 0. The maximum atomic E-state index is 5.26. The Labute approximate surface area is 78.3 Å². The van der Waals surface area contributed by atoms with Gasteiger partial charge >= 0.3 is 0 Å². The lowest BCUT2D eigenvalue weighted by Gasteiger charge is -1.98. The Morgan fingerprint density at radius 3 is 3.00 bits per heavy atom. The molecule has 1 rings (SSSR count). The van der Waals surface area contributed by atoms with Crippen LogP contribution >= 0.6 is 0 Å². The first-order valence-corrected chi connectivity index (χ1v) is 4.07. The predicted molar refractivity (Wildman–Crippen MR) is 55.1 cm³/mol. The van der Waals surface area contributed by atoms with Crippen molar-refractivity contribution in [2.24, 2.45) is 5.84 Å². The van der Waals surface area contributed by atoms with E-state index < -0.39 is 0 Å². The van der Waals surface area contributed by atoms with Gasteiger partial charge in [-0.25, -0.2) is 0 Å². The zero-order valence-electron chi connectivity index (χ0n) is 7.59. The lowest BCUT2D eigenvalue weighted by atomic mass is 10.2. The van der Waals surface area contributed by atoms with Crippen molar-refractivity contribution in [3.8, 4) is 11.8 Å². The average molecular weight is 175 g/mol. The molecule has 68 valence electrons. The van der Waals surface area contributed by atoms with E-state index >= 15 is 0 Å². The number of nitrogens with one attached hydrogen (secondary N) is 2. The monoisotopic (exact) mass is 175 g/mol. The van der Waals surface area contributed by atoms with Crippen molar-refractivity contribution in [3.63, 3.8) is 0 Å². The highest BCUT2D eigenvalue weighted by Crippen LogP contribution is 2.07. The van der Waals surface area contributed by atoms with Crippen molar-refractivity contribution in [3.05, 3.63) is 29.8 Å². The van der Waals surface area contributed by atoms with Crippen LogP contribution in [0.4, 0.5) is 5.69 Å². The summed E-state index contributed by atoms with van der Waals surface area (Å²) in [6, 6.07) is 7.66. The van der Waals surface area contributed by atoms with Gasteiger partial charge in [0.05, 0.1) is 6.54 Å². The van der Waals surface area contributed by atoms with E-state index in [-0.39, 0.29) is 0 Å². The Balaban J connectivity index is 2.73. The first-order chi connectivity index (χ1) is 6.36. The van der Waals surface area contributed by atoms with Gasteiger partial charge in [0.15, 0.2) is 0 Å². The fourth-order valence-corrected chi connectivity index (χ4v) is 0.921. The number of rotatable bonds is 2. The van der Waals surface area contributed by atoms with Crippen LogP contribution in [0.2, 0.25) is 0 Å². The minimum Gasteiger partial charge on any atom is -0.324 e. The first-order valence-electron chi connectivity index (χ1n) is 4.07. The second-order valence-electron chi connectivity index (χ2n) is 2.56. The van der Waals surface area contributed by atoms with Gasteiger partial charge in [0.25, 0.3) is 0 Å². The van der Waals surface area contributed by atoms with E-state index in [1.165, 1.54) is 0 Å². The second kappa shape index (κ2) is 5.20. The first kappa shape index (κ1) is 9.59. The maximum Gasteiger partial charge on any atom is 0.0577 e. The molecule has 0 atom stereocenters. The summed E-state index contributed by atoms with van der Waals surface area (Å²) in [5, 5.41) is 2.95. The van der Waals surface area contributed by atoms with Crippen molar-refractivity contribution in [2.75, 3.05) is 19.0 Å². The van der Waals surface area contributed by atoms with Crippen LogP contribution in [0.5, 0.6) is 0 Å². The van der Waals surface area contributed by atoms with Gasteiger partial charge in [0.2, 0.25) is 0 Å². The molecule has 0 radical (unpaired) electrons. The summed E-state index contributed by atoms with van der Waals surface area (Å²) in [6.45, 7) is 0.695. The summed E-state index contributed by atoms with van der Waals surface area (Å²) >= 11 is 0. The summed E-state index contributed by atoms with van der Waals surface area (Å²) in [7, 11) is 1.87. The average Bonchev–Trinajstić information content (AvgIpc) is 2.19. The largest absolute Gasteiger partial charge is 0.324 e. The van der Waals surface area contributed by atoms with Gasteiger partial charge in [0, 0.05) is 11.3 Å².